The summed E-state index contributed by atoms with van der Waals surface area (Å²) in [7, 11) is 1.63. The van der Waals surface area contributed by atoms with E-state index < -0.39 is 0 Å². The number of aromatic amines is 1. The minimum atomic E-state index is -0.164. The highest BCUT2D eigenvalue weighted by atomic mass is 32.1. The lowest BCUT2D eigenvalue weighted by molar-refractivity contribution is 0.0954. The van der Waals surface area contributed by atoms with Gasteiger partial charge in [-0.2, -0.15) is 0 Å². The number of ether oxygens (including phenoxy) is 1. The number of hydrogen-bond acceptors (Lipinski definition) is 5. The Morgan fingerprint density at radius 2 is 2.00 bits per heavy atom. The summed E-state index contributed by atoms with van der Waals surface area (Å²) in [6.07, 6.45) is 1.60. The molecule has 2 aromatic heterocycles. The molecule has 2 heterocycles. The number of methoxy groups -OCH3 is 1. The largest absolute Gasteiger partial charge is 0.497 e. The van der Waals surface area contributed by atoms with Crippen molar-refractivity contribution in [1.82, 2.24) is 20.3 Å². The van der Waals surface area contributed by atoms with E-state index in [-0.39, 0.29) is 5.91 Å². The van der Waals surface area contributed by atoms with Gasteiger partial charge in [0.2, 0.25) is 0 Å². The van der Waals surface area contributed by atoms with E-state index in [2.05, 4.69) is 20.3 Å². The molecule has 0 radical (unpaired) electrons. The number of rotatable bonds is 5. The zero-order valence-corrected chi connectivity index (χ0v) is 14.8. The Morgan fingerprint density at radius 3 is 2.77 bits per heavy atom. The maximum Gasteiger partial charge on any atom is 0.263 e. The van der Waals surface area contributed by atoms with E-state index in [1.54, 1.807) is 13.3 Å². The zero-order valence-electron chi connectivity index (χ0n) is 14.0. The van der Waals surface area contributed by atoms with Crippen molar-refractivity contribution in [1.29, 1.82) is 0 Å². The quantitative estimate of drug-likeness (QED) is 0.567. The Labute approximate surface area is 153 Å². The van der Waals surface area contributed by atoms with Crippen LogP contribution in [0.1, 0.15) is 15.5 Å². The van der Waals surface area contributed by atoms with Crippen molar-refractivity contribution in [2.75, 3.05) is 7.11 Å². The summed E-state index contributed by atoms with van der Waals surface area (Å²) >= 11 is 1.35. The number of thiazole rings is 1. The summed E-state index contributed by atoms with van der Waals surface area (Å²) in [5.41, 5.74) is 2.79. The topological polar surface area (TPSA) is 79.9 Å². The highest BCUT2D eigenvalue weighted by Crippen LogP contribution is 2.26. The molecule has 1 amide bonds. The molecule has 0 unspecified atom stereocenters. The Morgan fingerprint density at radius 1 is 1.19 bits per heavy atom. The fourth-order valence-corrected chi connectivity index (χ4v) is 3.42. The molecule has 0 atom stereocenters. The number of fused-ring (bicyclic) bond motifs is 1. The second-order valence-electron chi connectivity index (χ2n) is 5.64. The molecule has 0 aliphatic heterocycles. The van der Waals surface area contributed by atoms with Gasteiger partial charge in [-0.05, 0) is 36.4 Å². The van der Waals surface area contributed by atoms with E-state index >= 15 is 0 Å². The van der Waals surface area contributed by atoms with Gasteiger partial charge in [0, 0.05) is 5.56 Å². The van der Waals surface area contributed by atoms with E-state index in [0.29, 0.717) is 11.4 Å². The number of hydrogen-bond donors (Lipinski definition) is 2. The van der Waals surface area contributed by atoms with Gasteiger partial charge in [-0.15, -0.1) is 11.3 Å². The summed E-state index contributed by atoms with van der Waals surface area (Å²) in [4.78, 5) is 24.9. The predicted octanol–water partition coefficient (Wildman–Crippen LogP) is 3.63. The fourth-order valence-electron chi connectivity index (χ4n) is 2.59. The van der Waals surface area contributed by atoms with Gasteiger partial charge >= 0.3 is 0 Å². The summed E-state index contributed by atoms with van der Waals surface area (Å²) in [6, 6.07) is 15.4. The Balaban J connectivity index is 1.44. The van der Waals surface area contributed by atoms with Gasteiger partial charge in [-0.1, -0.05) is 12.1 Å². The van der Waals surface area contributed by atoms with Crippen LogP contribution in [-0.2, 0) is 6.54 Å². The van der Waals surface area contributed by atoms with Crippen molar-refractivity contribution in [3.63, 3.8) is 0 Å². The van der Waals surface area contributed by atoms with E-state index in [4.69, 9.17) is 4.74 Å². The smallest absolute Gasteiger partial charge is 0.263 e. The van der Waals surface area contributed by atoms with Crippen LogP contribution in [0, 0.1) is 0 Å². The summed E-state index contributed by atoms with van der Waals surface area (Å²) < 4.78 is 5.15. The number of imidazole rings is 1. The van der Waals surface area contributed by atoms with Gasteiger partial charge in [0.1, 0.15) is 21.5 Å². The standard InChI is InChI=1S/C19H16N4O2S/c1-25-13-8-6-12(7-9-13)19-21-10-16(26-19)18(24)20-11-17-22-14-4-2-3-5-15(14)23-17/h2-10H,11H2,1H3,(H,20,24)(H,22,23). The molecule has 2 aromatic carbocycles. The van der Waals surface area contributed by atoms with Crippen molar-refractivity contribution in [3.05, 3.63) is 65.4 Å². The number of nitrogens with zero attached hydrogens (tertiary/aromatic N) is 2. The van der Waals surface area contributed by atoms with Gasteiger partial charge in [0.25, 0.3) is 5.91 Å². The zero-order chi connectivity index (χ0) is 17.9. The van der Waals surface area contributed by atoms with E-state index in [0.717, 1.165) is 33.2 Å². The van der Waals surface area contributed by atoms with Crippen LogP contribution < -0.4 is 10.1 Å². The molecule has 4 aromatic rings. The second-order valence-corrected chi connectivity index (χ2v) is 6.67. The Hall–Kier alpha value is -3.19. The second kappa shape index (κ2) is 6.97. The fraction of sp³-hybridized carbons (Fsp3) is 0.105. The van der Waals surface area contributed by atoms with Crippen LogP contribution in [0.25, 0.3) is 21.6 Å². The molecule has 0 spiro atoms. The summed E-state index contributed by atoms with van der Waals surface area (Å²) in [5, 5.41) is 3.67. The van der Waals surface area contributed by atoms with Crippen molar-refractivity contribution >= 4 is 28.3 Å². The molecule has 6 nitrogen and oxygen atoms in total. The number of benzene rings is 2. The molecule has 0 fully saturated rings. The number of nitrogens with one attached hydrogen (secondary N) is 2. The van der Waals surface area contributed by atoms with Gasteiger partial charge in [-0.25, -0.2) is 9.97 Å². The van der Waals surface area contributed by atoms with Crippen LogP contribution in [0.2, 0.25) is 0 Å². The van der Waals surface area contributed by atoms with Gasteiger partial charge < -0.3 is 15.0 Å². The van der Waals surface area contributed by atoms with Gasteiger partial charge in [0.15, 0.2) is 0 Å². The number of carbonyl (C=O) groups excluding carboxylic acids is 1. The van der Waals surface area contributed by atoms with Crippen LogP contribution in [-0.4, -0.2) is 28.0 Å². The van der Waals surface area contributed by atoms with Crippen molar-refractivity contribution in [2.45, 2.75) is 6.54 Å². The summed E-state index contributed by atoms with van der Waals surface area (Å²) in [5.74, 6) is 1.34. The Kier molecular flexibility index (Phi) is 4.37. The van der Waals surface area contributed by atoms with Crippen LogP contribution in [0.4, 0.5) is 0 Å². The number of para-hydroxylation sites is 2. The first kappa shape index (κ1) is 16.3. The van der Waals surface area contributed by atoms with Crippen molar-refractivity contribution in [3.8, 4) is 16.3 Å². The minimum absolute atomic E-state index is 0.164. The first-order chi connectivity index (χ1) is 12.7. The number of H-pyrrole nitrogens is 1. The SMILES string of the molecule is COc1ccc(-c2ncc(C(=O)NCc3nc4ccccc4[nH]3)s2)cc1. The highest BCUT2D eigenvalue weighted by Gasteiger charge is 2.12. The molecule has 7 heteroatoms. The molecular formula is C19H16N4O2S. The molecule has 4 rings (SSSR count). The van der Waals surface area contributed by atoms with E-state index in [1.165, 1.54) is 11.3 Å². The molecule has 0 saturated carbocycles. The van der Waals surface area contributed by atoms with Gasteiger partial charge in [0.05, 0.1) is 30.9 Å². The number of carbonyl (C=O) groups is 1. The number of aromatic nitrogens is 3. The lowest BCUT2D eigenvalue weighted by Crippen LogP contribution is -2.22. The molecule has 26 heavy (non-hydrogen) atoms. The minimum Gasteiger partial charge on any atom is -0.497 e. The maximum atomic E-state index is 12.4. The monoisotopic (exact) mass is 364 g/mol. The molecule has 0 bridgehead atoms. The average molecular weight is 364 g/mol. The van der Waals surface area contributed by atoms with Crippen LogP contribution in [0.5, 0.6) is 5.75 Å². The van der Waals surface area contributed by atoms with Crippen LogP contribution in [0.3, 0.4) is 0 Å². The third-order valence-electron chi connectivity index (χ3n) is 3.92. The Bertz CT molecular complexity index is 1020. The molecule has 2 N–H and O–H groups in total. The average Bonchev–Trinajstić information content (AvgIpc) is 3.33. The van der Waals surface area contributed by atoms with Crippen molar-refractivity contribution < 1.29 is 9.53 Å². The first-order valence-electron chi connectivity index (χ1n) is 8.05. The lowest BCUT2D eigenvalue weighted by atomic mass is 10.2. The molecular weight excluding hydrogens is 348 g/mol. The van der Waals surface area contributed by atoms with Crippen LogP contribution in [0.15, 0.2) is 54.7 Å². The number of amides is 1. The molecule has 0 aliphatic rings. The molecule has 130 valence electrons. The normalized spacial score (nSPS) is 10.8. The summed E-state index contributed by atoms with van der Waals surface area (Å²) in [6.45, 7) is 0.337. The molecule has 0 aliphatic carbocycles. The maximum absolute atomic E-state index is 12.4. The lowest BCUT2D eigenvalue weighted by Gasteiger charge is -2.01. The first-order valence-corrected chi connectivity index (χ1v) is 8.86. The molecule has 0 saturated heterocycles. The predicted molar refractivity (Wildman–Crippen MR) is 101 cm³/mol. The highest BCUT2D eigenvalue weighted by molar-refractivity contribution is 7.16. The van der Waals surface area contributed by atoms with Crippen LogP contribution >= 0.6 is 11.3 Å². The van der Waals surface area contributed by atoms with Gasteiger partial charge in [-0.3, -0.25) is 4.79 Å². The third kappa shape index (κ3) is 3.29. The third-order valence-corrected chi connectivity index (χ3v) is 4.97. The van der Waals surface area contributed by atoms with Crippen molar-refractivity contribution in [2.24, 2.45) is 0 Å². The van der Waals surface area contributed by atoms with E-state index in [1.807, 2.05) is 48.5 Å². The van der Waals surface area contributed by atoms with E-state index in [9.17, 15) is 4.79 Å².